The van der Waals surface area contributed by atoms with Crippen molar-refractivity contribution in [3.63, 3.8) is 0 Å². The summed E-state index contributed by atoms with van der Waals surface area (Å²) in [5, 5.41) is 22.1. The van der Waals surface area contributed by atoms with Crippen LogP contribution in [0.4, 0.5) is 0 Å². The molecule has 0 amide bonds. The van der Waals surface area contributed by atoms with Gasteiger partial charge in [0.1, 0.15) is 5.75 Å². The van der Waals surface area contributed by atoms with Gasteiger partial charge in [0.25, 0.3) is 0 Å². The van der Waals surface area contributed by atoms with E-state index in [9.17, 15) is 10.2 Å². The third-order valence-corrected chi connectivity index (χ3v) is 4.20. The molecule has 0 unspecified atom stereocenters. The van der Waals surface area contributed by atoms with E-state index >= 15 is 0 Å². The van der Waals surface area contributed by atoms with Gasteiger partial charge in [0.15, 0.2) is 0 Å². The van der Waals surface area contributed by atoms with Crippen molar-refractivity contribution in [3.05, 3.63) is 29.8 Å². The first-order valence-corrected chi connectivity index (χ1v) is 7.16. The van der Waals surface area contributed by atoms with Gasteiger partial charge in [-0.1, -0.05) is 12.1 Å². The summed E-state index contributed by atoms with van der Waals surface area (Å²) in [5.41, 5.74) is 1.14. The molecule has 1 saturated heterocycles. The molecule has 2 rings (SSSR count). The molecule has 0 saturated carbocycles. The molecule has 0 aromatic heterocycles. The largest absolute Gasteiger partial charge is 0.508 e. The Bertz CT molecular complexity index is 336. The summed E-state index contributed by atoms with van der Waals surface area (Å²) < 4.78 is 0. The van der Waals surface area contributed by atoms with Crippen LogP contribution in [0.5, 0.6) is 5.75 Å². The van der Waals surface area contributed by atoms with Crippen molar-refractivity contribution < 1.29 is 10.2 Å². The zero-order valence-corrected chi connectivity index (χ0v) is 10.6. The second kappa shape index (κ2) is 6.28. The molecule has 1 aromatic rings. The highest BCUT2D eigenvalue weighted by Gasteiger charge is 2.19. The average molecular weight is 253 g/mol. The predicted molar refractivity (Wildman–Crippen MR) is 71.6 cm³/mol. The minimum absolute atomic E-state index is 0.114. The molecular formula is C13H19NO2S. The molecule has 2 atom stereocenters. The number of hydrogen-bond donors (Lipinski definition) is 3. The van der Waals surface area contributed by atoms with Crippen molar-refractivity contribution in [1.29, 1.82) is 0 Å². The van der Waals surface area contributed by atoms with Crippen molar-refractivity contribution in [2.75, 3.05) is 18.1 Å². The van der Waals surface area contributed by atoms with Gasteiger partial charge in [0.05, 0.1) is 6.61 Å². The summed E-state index contributed by atoms with van der Waals surface area (Å²) in [5.74, 6) is 2.65. The number of aliphatic hydroxyl groups excluding tert-OH is 1. The SMILES string of the molecule is OC[C@H](Cc1ccc(O)cc1)N[C@H]1CCSC1. The summed E-state index contributed by atoms with van der Waals surface area (Å²) in [7, 11) is 0. The minimum atomic E-state index is 0.114. The van der Waals surface area contributed by atoms with E-state index in [4.69, 9.17) is 0 Å². The molecule has 3 N–H and O–H groups in total. The lowest BCUT2D eigenvalue weighted by Gasteiger charge is -2.20. The standard InChI is InChI=1S/C13H19NO2S/c15-8-12(14-11-5-6-17-9-11)7-10-1-3-13(16)4-2-10/h1-4,11-12,14-16H,5-9H2/t11-,12-/m0/s1. The van der Waals surface area contributed by atoms with E-state index in [0.29, 0.717) is 6.04 Å². The number of phenolic OH excluding ortho intramolecular Hbond substituents is 1. The lowest BCUT2D eigenvalue weighted by molar-refractivity contribution is 0.233. The third kappa shape index (κ3) is 3.91. The first-order chi connectivity index (χ1) is 8.28. The fourth-order valence-corrected chi connectivity index (χ4v) is 3.26. The molecule has 94 valence electrons. The second-order valence-corrected chi connectivity index (χ2v) is 5.63. The van der Waals surface area contributed by atoms with Gasteiger partial charge in [-0.2, -0.15) is 11.8 Å². The van der Waals surface area contributed by atoms with Gasteiger partial charge in [-0.15, -0.1) is 0 Å². The first kappa shape index (κ1) is 12.7. The van der Waals surface area contributed by atoms with Gasteiger partial charge in [0, 0.05) is 17.8 Å². The third-order valence-electron chi connectivity index (χ3n) is 3.04. The Labute approximate surface area is 106 Å². The van der Waals surface area contributed by atoms with Crippen LogP contribution in [0.2, 0.25) is 0 Å². The number of aromatic hydroxyl groups is 1. The van der Waals surface area contributed by atoms with Crippen LogP contribution in [0.15, 0.2) is 24.3 Å². The Kier molecular flexibility index (Phi) is 4.71. The topological polar surface area (TPSA) is 52.5 Å². The summed E-state index contributed by atoms with van der Waals surface area (Å²) in [6, 6.07) is 7.84. The van der Waals surface area contributed by atoms with Crippen LogP contribution >= 0.6 is 11.8 Å². The minimum Gasteiger partial charge on any atom is -0.508 e. The van der Waals surface area contributed by atoms with Crippen LogP contribution in [-0.4, -0.2) is 40.4 Å². The molecule has 1 aromatic carbocycles. The van der Waals surface area contributed by atoms with Crippen LogP contribution in [0.3, 0.4) is 0 Å². The average Bonchev–Trinajstić information content (AvgIpc) is 2.84. The summed E-state index contributed by atoms with van der Waals surface area (Å²) >= 11 is 1.97. The van der Waals surface area contributed by atoms with Crippen molar-refractivity contribution in [2.24, 2.45) is 0 Å². The van der Waals surface area contributed by atoms with Crippen molar-refractivity contribution >= 4 is 11.8 Å². The van der Waals surface area contributed by atoms with Crippen LogP contribution in [0.25, 0.3) is 0 Å². The number of aliphatic hydroxyl groups is 1. The van der Waals surface area contributed by atoms with Gasteiger partial charge in [-0.05, 0) is 36.3 Å². The Hall–Kier alpha value is -0.710. The first-order valence-electron chi connectivity index (χ1n) is 6.00. The fourth-order valence-electron chi connectivity index (χ4n) is 2.09. The van der Waals surface area contributed by atoms with Crippen molar-refractivity contribution in [3.8, 4) is 5.75 Å². The van der Waals surface area contributed by atoms with Crippen molar-refractivity contribution in [2.45, 2.75) is 24.9 Å². The maximum Gasteiger partial charge on any atom is 0.115 e. The van der Waals surface area contributed by atoms with Gasteiger partial charge in [-0.3, -0.25) is 0 Å². The van der Waals surface area contributed by atoms with Gasteiger partial charge in [-0.25, -0.2) is 0 Å². The van der Waals surface area contributed by atoms with E-state index < -0.39 is 0 Å². The van der Waals surface area contributed by atoms with E-state index in [1.165, 1.54) is 12.2 Å². The molecule has 17 heavy (non-hydrogen) atoms. The molecule has 1 heterocycles. The smallest absolute Gasteiger partial charge is 0.115 e. The fraction of sp³-hybridized carbons (Fsp3) is 0.538. The Balaban J connectivity index is 1.87. The molecule has 3 nitrogen and oxygen atoms in total. The molecule has 1 aliphatic rings. The highest BCUT2D eigenvalue weighted by atomic mass is 32.2. The molecule has 0 spiro atoms. The van der Waals surface area contributed by atoms with Gasteiger partial charge in [0.2, 0.25) is 0 Å². The molecule has 0 aliphatic carbocycles. The predicted octanol–water partition coefficient (Wildman–Crippen LogP) is 1.39. The number of thioether (sulfide) groups is 1. The second-order valence-electron chi connectivity index (χ2n) is 4.48. The molecule has 0 bridgehead atoms. The highest BCUT2D eigenvalue weighted by Crippen LogP contribution is 2.18. The Morgan fingerprint density at radius 3 is 2.71 bits per heavy atom. The molecule has 4 heteroatoms. The van der Waals surface area contributed by atoms with Crippen molar-refractivity contribution in [1.82, 2.24) is 5.32 Å². The van der Waals surface area contributed by atoms with E-state index in [-0.39, 0.29) is 18.4 Å². The van der Waals surface area contributed by atoms with Crippen LogP contribution in [0, 0.1) is 0 Å². The van der Waals surface area contributed by atoms with Crippen LogP contribution < -0.4 is 5.32 Å². The highest BCUT2D eigenvalue weighted by molar-refractivity contribution is 7.99. The zero-order valence-electron chi connectivity index (χ0n) is 9.80. The normalized spacial score (nSPS) is 21.6. The van der Waals surface area contributed by atoms with Crippen LogP contribution in [0.1, 0.15) is 12.0 Å². The quantitative estimate of drug-likeness (QED) is 0.742. The van der Waals surface area contributed by atoms with Gasteiger partial charge >= 0.3 is 0 Å². The lowest BCUT2D eigenvalue weighted by atomic mass is 10.1. The Morgan fingerprint density at radius 1 is 1.35 bits per heavy atom. The number of hydrogen-bond acceptors (Lipinski definition) is 4. The number of rotatable bonds is 5. The monoisotopic (exact) mass is 253 g/mol. The number of phenols is 1. The van der Waals surface area contributed by atoms with Gasteiger partial charge < -0.3 is 15.5 Å². The molecule has 1 fully saturated rings. The van der Waals surface area contributed by atoms with Crippen LogP contribution in [-0.2, 0) is 6.42 Å². The zero-order chi connectivity index (χ0) is 12.1. The number of nitrogens with one attached hydrogen (secondary N) is 1. The lowest BCUT2D eigenvalue weighted by Crippen LogP contribution is -2.41. The molecule has 0 radical (unpaired) electrons. The Morgan fingerprint density at radius 2 is 2.12 bits per heavy atom. The van der Waals surface area contributed by atoms with E-state index in [1.807, 2.05) is 23.9 Å². The molecule has 1 aliphatic heterocycles. The summed E-state index contributed by atoms with van der Waals surface area (Å²) in [6.45, 7) is 0.155. The van der Waals surface area contributed by atoms with E-state index in [0.717, 1.165) is 17.7 Å². The summed E-state index contributed by atoms with van der Waals surface area (Å²) in [6.07, 6.45) is 1.99. The molecular weight excluding hydrogens is 234 g/mol. The maximum atomic E-state index is 9.38. The maximum absolute atomic E-state index is 9.38. The summed E-state index contributed by atoms with van der Waals surface area (Å²) in [4.78, 5) is 0. The van der Waals surface area contributed by atoms with E-state index in [2.05, 4.69) is 5.32 Å². The number of benzene rings is 1. The van der Waals surface area contributed by atoms with E-state index in [1.54, 1.807) is 12.1 Å².